The first-order chi connectivity index (χ1) is 27.4. The number of rotatable bonds is 29. The fraction of sp³-hybridized carbons (Fsp3) is 0.864. The Kier molecular flexibility index (Phi) is 35.1. The Bertz CT molecular complexity index is 1060. The molecule has 0 aromatic carbocycles. The first kappa shape index (κ1) is 60.7. The zero-order valence-corrected chi connectivity index (χ0v) is 43.5. The monoisotopic (exact) mass is 963 g/mol. The molecule has 0 bridgehead atoms. The SMILES string of the molecule is CC1(C)OC(C)(C)C(C=NCCN=CC2=C([O-])C(C)(C)OC2(C)C)=C1[O-].COCCC[PH+](CCCOC)CCCOC.COCCC[PH+](CCCOC)CCCOC.[99Tc]. The molecule has 2 aliphatic rings. The van der Waals surface area contributed by atoms with Gasteiger partial charge in [-0.3, -0.25) is 9.98 Å². The van der Waals surface area contributed by atoms with E-state index in [0.29, 0.717) is 24.2 Å². The summed E-state index contributed by atoms with van der Waals surface area (Å²) in [6.45, 7) is 20.8. The van der Waals surface area contributed by atoms with Crippen LogP contribution in [0.15, 0.2) is 32.6 Å². The van der Waals surface area contributed by atoms with Gasteiger partial charge in [-0.05, 0) is 66.5 Å². The third kappa shape index (κ3) is 26.1. The van der Waals surface area contributed by atoms with E-state index in [4.69, 9.17) is 37.9 Å². The average Bonchev–Trinajstić information content (AvgIpc) is 3.42. The van der Waals surface area contributed by atoms with E-state index in [1.165, 1.54) is 75.5 Å². The van der Waals surface area contributed by atoms with Crippen LogP contribution in [0.4, 0.5) is 0 Å². The van der Waals surface area contributed by atoms with Crippen LogP contribution in [0.1, 0.15) is 93.9 Å². The number of hydrogen-bond acceptors (Lipinski definition) is 12. The number of nitrogens with zero attached hydrogens (tertiary/aromatic N) is 2. The van der Waals surface area contributed by atoms with Gasteiger partial charge in [-0.25, -0.2) is 0 Å². The molecule has 59 heavy (non-hydrogen) atoms. The molecule has 15 heteroatoms. The maximum absolute atomic E-state index is 12.4. The molecule has 1 radical (unpaired) electrons. The smallest absolute Gasteiger partial charge is 0.0893 e. The van der Waals surface area contributed by atoms with Gasteiger partial charge in [-0.15, -0.1) is 0 Å². The van der Waals surface area contributed by atoms with Crippen LogP contribution in [0.2, 0.25) is 0 Å². The van der Waals surface area contributed by atoms with Crippen LogP contribution in [0, 0.1) is 0 Å². The van der Waals surface area contributed by atoms with Gasteiger partial charge in [0.25, 0.3) is 0 Å². The Morgan fingerprint density at radius 1 is 0.441 bits per heavy atom. The summed E-state index contributed by atoms with van der Waals surface area (Å²) in [5, 5.41) is 24.7. The number of hydrogen-bond donors (Lipinski definition) is 0. The van der Waals surface area contributed by atoms with Gasteiger partial charge in [0.2, 0.25) is 0 Å². The summed E-state index contributed by atoms with van der Waals surface area (Å²) in [5.41, 5.74) is -1.79. The topological polar surface area (TPSA) is 145 Å². The Hall–Kier alpha value is -0.391. The van der Waals surface area contributed by atoms with Gasteiger partial charge >= 0.3 is 0 Å². The zero-order chi connectivity index (χ0) is 44.1. The number of ether oxygens (including phenoxy) is 8. The molecule has 12 nitrogen and oxygen atoms in total. The predicted molar refractivity (Wildman–Crippen MR) is 244 cm³/mol. The minimum Gasteiger partial charge on any atom is -0.873 e. The molecule has 0 aliphatic carbocycles. The largest absolute Gasteiger partial charge is 0.873 e. The van der Waals surface area contributed by atoms with Crippen LogP contribution in [-0.2, 0) is 58.0 Å². The van der Waals surface area contributed by atoms with Gasteiger partial charge in [-0.2, -0.15) is 0 Å². The van der Waals surface area contributed by atoms with Crippen molar-refractivity contribution < 1.29 is 68.2 Å². The Labute approximate surface area is 376 Å². The van der Waals surface area contributed by atoms with Gasteiger partial charge in [0.05, 0.1) is 72.5 Å². The van der Waals surface area contributed by atoms with Crippen LogP contribution in [0.5, 0.6) is 0 Å². The van der Waals surface area contributed by atoms with Crippen LogP contribution in [-0.4, -0.2) is 167 Å². The minimum atomic E-state index is -0.819. The van der Waals surface area contributed by atoms with Crippen LogP contribution >= 0.6 is 15.8 Å². The second kappa shape index (κ2) is 34.1. The van der Waals surface area contributed by atoms with E-state index in [1.54, 1.807) is 82.8 Å². The summed E-state index contributed by atoms with van der Waals surface area (Å²) in [4.78, 5) is 8.62. The summed E-state index contributed by atoms with van der Waals surface area (Å²) >= 11 is 0. The van der Waals surface area contributed by atoms with Crippen molar-refractivity contribution in [3.63, 3.8) is 0 Å². The first-order valence-corrected chi connectivity index (χ1v) is 25.5. The maximum Gasteiger partial charge on any atom is 0.0893 e. The second-order valence-corrected chi connectivity index (χ2v) is 22.9. The molecule has 0 amide bonds. The summed E-state index contributed by atoms with van der Waals surface area (Å²) < 4.78 is 42.3. The molecule has 0 aromatic heterocycles. The molecule has 0 saturated heterocycles. The third-order valence-corrected chi connectivity index (χ3v) is 16.3. The normalized spacial score (nSPS) is 17.8. The molecule has 0 unspecified atom stereocenters. The quantitative estimate of drug-likeness (QED) is 0.0487. The Morgan fingerprint density at radius 2 is 0.661 bits per heavy atom. The van der Waals surface area contributed by atoms with Crippen molar-refractivity contribution in [1.29, 1.82) is 0 Å². The molecule has 2 rings (SSSR count). The van der Waals surface area contributed by atoms with Crippen molar-refractivity contribution in [2.24, 2.45) is 9.98 Å². The van der Waals surface area contributed by atoms with E-state index < -0.39 is 22.4 Å². The molecule has 0 saturated carbocycles. The van der Waals surface area contributed by atoms with Crippen LogP contribution in [0.3, 0.4) is 0 Å². The summed E-state index contributed by atoms with van der Waals surface area (Å²) in [6.07, 6.45) is 18.7. The van der Waals surface area contributed by atoms with Crippen molar-refractivity contribution in [2.45, 2.75) is 116 Å². The van der Waals surface area contributed by atoms with Gasteiger partial charge in [0.1, 0.15) is 0 Å². The molecule has 2 aliphatic heterocycles. The molecule has 0 aromatic rings. The van der Waals surface area contributed by atoms with Crippen molar-refractivity contribution in [1.82, 2.24) is 0 Å². The molecule has 0 spiro atoms. The molecule has 0 fully saturated rings. The first-order valence-electron chi connectivity index (χ1n) is 21.3. The average molecular weight is 964 g/mol. The predicted octanol–water partition coefficient (Wildman–Crippen LogP) is 6.15. The number of methoxy groups -OCH3 is 6. The minimum absolute atomic E-state index is 0. The molecule has 349 valence electrons. The van der Waals surface area contributed by atoms with E-state index in [1.807, 2.05) is 27.7 Å². The van der Waals surface area contributed by atoms with Gasteiger partial charge < -0.3 is 48.1 Å². The third-order valence-electron chi connectivity index (χ3n) is 9.97. The Morgan fingerprint density at radius 3 is 0.831 bits per heavy atom. The standard InChI is InChI=1S/C20H32N2O4.2C12H27O3P.Tc/c1-17(2)13(15(23)19(5,6)25-17)11-21-9-10-22-12-14-16(24)20(7,8)26-18(14,3)4;2*1-13-7-4-10-16(11-5-8-14-2)12-6-9-15-3;/h11-12,23-24H,9-10H2,1-8H3;2*4-12H2,1-3H3;/i;;;1+1. The van der Waals surface area contributed by atoms with E-state index in [2.05, 4.69) is 9.98 Å². The summed E-state index contributed by atoms with van der Waals surface area (Å²) in [5.74, 6) is -0.0778. The molecule has 2 heterocycles. The summed E-state index contributed by atoms with van der Waals surface area (Å²) in [6, 6.07) is 0. The Balaban J connectivity index is 0. The fourth-order valence-electron chi connectivity index (χ4n) is 7.08. The zero-order valence-electron chi connectivity index (χ0n) is 39.7. The van der Waals surface area contributed by atoms with Gasteiger partial charge in [-0.1, -0.05) is 11.5 Å². The van der Waals surface area contributed by atoms with Gasteiger partial charge in [0.15, 0.2) is 0 Å². The molecular formula is C44H86N2O10P2Tc. The maximum atomic E-state index is 12.4. The van der Waals surface area contributed by atoms with Crippen molar-refractivity contribution >= 4 is 28.3 Å². The molecular weight excluding hydrogens is 877 g/mol. The van der Waals surface area contributed by atoms with Gasteiger partial charge in [0, 0.05) is 169 Å². The van der Waals surface area contributed by atoms with Crippen molar-refractivity contribution in [2.75, 3.05) is 132 Å². The molecule has 0 atom stereocenters. The van der Waals surface area contributed by atoms with E-state index in [9.17, 15) is 10.2 Å². The van der Waals surface area contributed by atoms with E-state index >= 15 is 0 Å². The van der Waals surface area contributed by atoms with E-state index in [0.717, 1.165) is 39.6 Å². The fourth-order valence-corrected chi connectivity index (χ4v) is 12.4. The summed E-state index contributed by atoms with van der Waals surface area (Å²) in [7, 11) is 10.3. The van der Waals surface area contributed by atoms with E-state index in [-0.39, 0.29) is 47.5 Å². The second-order valence-electron chi connectivity index (χ2n) is 16.9. The van der Waals surface area contributed by atoms with Crippen molar-refractivity contribution in [3.05, 3.63) is 22.7 Å². The number of aliphatic imine (C=N–C) groups is 2. The molecule has 0 N–H and O–H groups in total. The van der Waals surface area contributed by atoms with Crippen LogP contribution in [0.25, 0.3) is 0 Å². The van der Waals surface area contributed by atoms with Crippen LogP contribution < -0.4 is 10.2 Å². The van der Waals surface area contributed by atoms with Crippen molar-refractivity contribution in [3.8, 4) is 0 Å².